The molecule has 0 aliphatic carbocycles. The first-order chi connectivity index (χ1) is 12.8. The first kappa shape index (κ1) is 18.7. The van der Waals surface area contributed by atoms with Gasteiger partial charge in [0.05, 0.1) is 16.3 Å². The fourth-order valence-corrected chi connectivity index (χ4v) is 2.80. The van der Waals surface area contributed by atoms with Crippen molar-refractivity contribution in [3.05, 3.63) is 52.8 Å². The molecule has 0 spiro atoms. The number of nitrogens with one attached hydrogen (secondary N) is 1. The van der Waals surface area contributed by atoms with Crippen LogP contribution in [0.2, 0.25) is 5.02 Å². The zero-order valence-electron chi connectivity index (χ0n) is 14.0. The van der Waals surface area contributed by atoms with Gasteiger partial charge in [0.25, 0.3) is 5.91 Å². The maximum Gasteiger partial charge on any atom is 0.335 e. The lowest BCUT2D eigenvalue weighted by Crippen LogP contribution is -2.47. The molecule has 0 aromatic heterocycles. The third-order valence-electron chi connectivity index (χ3n) is 3.92. The highest BCUT2D eigenvalue weighted by Crippen LogP contribution is 2.35. The molecule has 7 nitrogen and oxygen atoms in total. The predicted octanol–water partition coefficient (Wildman–Crippen LogP) is 2.93. The molecule has 1 aliphatic rings. The van der Waals surface area contributed by atoms with Crippen molar-refractivity contribution in [2.45, 2.75) is 13.0 Å². The van der Waals surface area contributed by atoms with E-state index in [0.717, 1.165) is 11.0 Å². The molecule has 27 heavy (non-hydrogen) atoms. The van der Waals surface area contributed by atoms with Crippen molar-refractivity contribution in [2.75, 3.05) is 16.8 Å². The lowest BCUT2D eigenvalue weighted by molar-refractivity contribution is -0.127. The summed E-state index contributed by atoms with van der Waals surface area (Å²) in [5.41, 5.74) is 0.403. The van der Waals surface area contributed by atoms with E-state index >= 15 is 0 Å². The van der Waals surface area contributed by atoms with Gasteiger partial charge in [-0.3, -0.25) is 14.5 Å². The largest absolute Gasteiger partial charge is 0.479 e. The minimum atomic E-state index is -1.17. The van der Waals surface area contributed by atoms with Crippen LogP contribution >= 0.6 is 11.6 Å². The average molecular weight is 393 g/mol. The van der Waals surface area contributed by atoms with Gasteiger partial charge in [0.2, 0.25) is 5.91 Å². The summed E-state index contributed by atoms with van der Waals surface area (Å²) >= 11 is 5.68. The number of carboxylic acid groups (broad SMARTS) is 1. The Labute approximate surface area is 158 Å². The number of anilines is 2. The number of amides is 2. The van der Waals surface area contributed by atoms with Crippen LogP contribution in [0.1, 0.15) is 17.3 Å². The van der Waals surface area contributed by atoms with E-state index in [1.54, 1.807) is 0 Å². The van der Waals surface area contributed by atoms with Crippen LogP contribution in [-0.4, -0.2) is 35.5 Å². The van der Waals surface area contributed by atoms with E-state index in [1.165, 1.54) is 37.3 Å². The highest BCUT2D eigenvalue weighted by Gasteiger charge is 2.33. The number of nitrogens with zero attached hydrogens (tertiary/aromatic N) is 1. The van der Waals surface area contributed by atoms with Crippen LogP contribution in [0.25, 0.3) is 0 Å². The molecule has 1 aliphatic heterocycles. The number of halogens is 2. The number of carbonyl (C=O) groups is 3. The molecular formula is C18H14ClFN2O5. The minimum Gasteiger partial charge on any atom is -0.479 e. The molecule has 1 unspecified atom stereocenters. The van der Waals surface area contributed by atoms with Crippen molar-refractivity contribution >= 4 is 40.8 Å². The smallest absolute Gasteiger partial charge is 0.335 e. The Hall–Kier alpha value is -3.13. The highest BCUT2D eigenvalue weighted by molar-refractivity contribution is 6.31. The molecule has 1 atom stereocenters. The Morgan fingerprint density at radius 3 is 2.70 bits per heavy atom. The van der Waals surface area contributed by atoms with Crippen molar-refractivity contribution < 1.29 is 28.6 Å². The zero-order chi connectivity index (χ0) is 19.7. The third-order valence-corrected chi connectivity index (χ3v) is 4.21. The van der Waals surface area contributed by atoms with Gasteiger partial charge in [0, 0.05) is 5.69 Å². The normalized spacial score (nSPS) is 15.7. The van der Waals surface area contributed by atoms with Crippen molar-refractivity contribution in [1.29, 1.82) is 0 Å². The molecule has 3 rings (SSSR count). The molecule has 2 amide bonds. The average Bonchev–Trinajstić information content (AvgIpc) is 2.61. The molecule has 2 aromatic rings. The molecule has 140 valence electrons. The molecule has 0 saturated heterocycles. The summed E-state index contributed by atoms with van der Waals surface area (Å²) in [5, 5.41) is 11.5. The molecule has 0 radical (unpaired) electrons. The minimum absolute atomic E-state index is 0.0459. The van der Waals surface area contributed by atoms with E-state index in [1.807, 2.05) is 0 Å². The molecule has 0 bridgehead atoms. The monoisotopic (exact) mass is 392 g/mol. The fourth-order valence-electron chi connectivity index (χ4n) is 2.62. The van der Waals surface area contributed by atoms with Crippen molar-refractivity contribution in [3.8, 4) is 5.75 Å². The summed E-state index contributed by atoms with van der Waals surface area (Å²) < 4.78 is 18.7. The van der Waals surface area contributed by atoms with Gasteiger partial charge in [0.1, 0.15) is 18.1 Å². The Morgan fingerprint density at radius 1 is 1.30 bits per heavy atom. The van der Waals surface area contributed by atoms with Gasteiger partial charge < -0.3 is 15.2 Å². The Kier molecular flexibility index (Phi) is 5.00. The van der Waals surface area contributed by atoms with Gasteiger partial charge in [0.15, 0.2) is 6.10 Å². The summed E-state index contributed by atoms with van der Waals surface area (Å²) in [7, 11) is 0. The van der Waals surface area contributed by atoms with Gasteiger partial charge in [-0.15, -0.1) is 0 Å². The van der Waals surface area contributed by atoms with Gasteiger partial charge in [-0.1, -0.05) is 11.6 Å². The summed E-state index contributed by atoms with van der Waals surface area (Å²) in [4.78, 5) is 37.2. The van der Waals surface area contributed by atoms with Gasteiger partial charge in [-0.2, -0.15) is 0 Å². The first-order valence-corrected chi connectivity index (χ1v) is 8.24. The zero-order valence-corrected chi connectivity index (χ0v) is 14.8. The molecule has 2 N–H and O–H groups in total. The number of carboxylic acids is 1. The fraction of sp³-hybridized carbons (Fsp3) is 0.167. The summed E-state index contributed by atoms with van der Waals surface area (Å²) in [6.45, 7) is 1.15. The molecule has 9 heteroatoms. The van der Waals surface area contributed by atoms with Gasteiger partial charge in [-0.25, -0.2) is 9.18 Å². The van der Waals surface area contributed by atoms with E-state index in [2.05, 4.69) is 5.32 Å². The third kappa shape index (κ3) is 3.85. The predicted molar refractivity (Wildman–Crippen MR) is 95.9 cm³/mol. The first-order valence-electron chi connectivity index (χ1n) is 7.86. The molecular weight excluding hydrogens is 379 g/mol. The maximum atomic E-state index is 13.2. The van der Waals surface area contributed by atoms with Crippen LogP contribution in [0.4, 0.5) is 15.8 Å². The summed E-state index contributed by atoms with van der Waals surface area (Å²) in [5.74, 6) is -2.55. The highest BCUT2D eigenvalue weighted by atomic mass is 35.5. The maximum absolute atomic E-state index is 13.2. The number of aromatic carboxylic acids is 1. The van der Waals surface area contributed by atoms with Crippen LogP contribution < -0.4 is 15.0 Å². The topological polar surface area (TPSA) is 95.9 Å². The summed E-state index contributed by atoms with van der Waals surface area (Å²) in [6, 6.07) is 7.74. The molecule has 0 fully saturated rings. The molecule has 2 aromatic carbocycles. The van der Waals surface area contributed by atoms with E-state index < -0.39 is 29.7 Å². The van der Waals surface area contributed by atoms with Crippen LogP contribution in [0, 0.1) is 5.82 Å². The van der Waals surface area contributed by atoms with Crippen LogP contribution in [0.15, 0.2) is 36.4 Å². The van der Waals surface area contributed by atoms with E-state index in [-0.39, 0.29) is 28.5 Å². The van der Waals surface area contributed by atoms with E-state index in [9.17, 15) is 18.8 Å². The number of ether oxygens (including phenoxy) is 1. The summed E-state index contributed by atoms with van der Waals surface area (Å²) in [6.07, 6.45) is -0.832. The Balaban J connectivity index is 1.85. The Morgan fingerprint density at radius 2 is 2.04 bits per heavy atom. The number of hydrogen-bond donors (Lipinski definition) is 2. The lowest BCUT2D eigenvalue weighted by atomic mass is 10.1. The van der Waals surface area contributed by atoms with E-state index in [4.69, 9.17) is 21.4 Å². The number of hydrogen-bond acceptors (Lipinski definition) is 4. The van der Waals surface area contributed by atoms with E-state index in [0.29, 0.717) is 5.75 Å². The second-order valence-electron chi connectivity index (χ2n) is 5.85. The van der Waals surface area contributed by atoms with Crippen molar-refractivity contribution in [3.63, 3.8) is 0 Å². The number of fused-ring (bicyclic) bond motifs is 1. The van der Waals surface area contributed by atoms with Crippen molar-refractivity contribution in [1.82, 2.24) is 0 Å². The van der Waals surface area contributed by atoms with Crippen LogP contribution in [0.3, 0.4) is 0 Å². The Bertz CT molecular complexity index is 949. The number of rotatable bonds is 4. The van der Waals surface area contributed by atoms with Gasteiger partial charge >= 0.3 is 5.97 Å². The standard InChI is InChI=1S/C18H14ClFN2O5/c1-9-17(24)22(14-6-10(18(25)26)2-5-15(14)27-9)8-16(23)21-11-3-4-13(20)12(19)7-11/h2-7,9H,8H2,1H3,(H,21,23)(H,25,26). The second kappa shape index (κ2) is 7.24. The SMILES string of the molecule is CC1Oc2ccc(C(=O)O)cc2N(CC(=O)Nc2ccc(F)c(Cl)c2)C1=O. The molecule has 0 saturated carbocycles. The molecule has 1 heterocycles. The number of carbonyl (C=O) groups excluding carboxylic acids is 2. The van der Waals surface area contributed by atoms with Crippen LogP contribution in [0.5, 0.6) is 5.75 Å². The lowest BCUT2D eigenvalue weighted by Gasteiger charge is -2.32. The van der Waals surface area contributed by atoms with Gasteiger partial charge in [-0.05, 0) is 43.3 Å². The number of benzene rings is 2. The second-order valence-corrected chi connectivity index (χ2v) is 6.26. The van der Waals surface area contributed by atoms with Crippen molar-refractivity contribution in [2.24, 2.45) is 0 Å². The van der Waals surface area contributed by atoms with Crippen LogP contribution in [-0.2, 0) is 9.59 Å². The quantitative estimate of drug-likeness (QED) is 0.834.